The molecule has 2 aromatic heterocycles. The summed E-state index contributed by atoms with van der Waals surface area (Å²) in [7, 11) is 1.92. The van der Waals surface area contributed by atoms with Crippen LogP contribution in [0.2, 0.25) is 0 Å². The number of nitrogens with zero attached hydrogens (tertiary/aromatic N) is 4. The number of allylic oxidation sites excluding steroid dienone is 1. The van der Waals surface area contributed by atoms with Crippen LogP contribution in [0.25, 0.3) is 22.7 Å². The molecule has 0 radical (unpaired) electrons. The molecule has 1 aliphatic rings. The maximum atomic E-state index is 9.68. The molecular formula is C21H22N4O2. The van der Waals surface area contributed by atoms with Gasteiger partial charge in [0.15, 0.2) is 11.7 Å². The molecule has 1 aliphatic heterocycles. The molecule has 0 aliphatic carbocycles. The second kappa shape index (κ2) is 6.93. The third-order valence-electron chi connectivity index (χ3n) is 4.78. The Labute approximate surface area is 158 Å². The van der Waals surface area contributed by atoms with Crippen LogP contribution in [0.3, 0.4) is 0 Å². The molecule has 1 aromatic carbocycles. The third-order valence-corrected chi connectivity index (χ3v) is 4.78. The van der Waals surface area contributed by atoms with E-state index in [1.165, 1.54) is 0 Å². The summed E-state index contributed by atoms with van der Waals surface area (Å²) in [5.74, 6) is 2.07. The van der Waals surface area contributed by atoms with Crippen molar-refractivity contribution in [3.63, 3.8) is 0 Å². The van der Waals surface area contributed by atoms with E-state index in [1.54, 1.807) is 6.08 Å². The molecule has 27 heavy (non-hydrogen) atoms. The Hall–Kier alpha value is -3.04. The van der Waals surface area contributed by atoms with E-state index < -0.39 is 0 Å². The van der Waals surface area contributed by atoms with E-state index in [-0.39, 0.29) is 12.2 Å². The number of aryl methyl sites for hydroxylation is 1. The lowest BCUT2D eigenvalue weighted by atomic mass is 10.2. The molecule has 2 atom stereocenters. The zero-order valence-corrected chi connectivity index (χ0v) is 15.7. The van der Waals surface area contributed by atoms with E-state index in [0.29, 0.717) is 17.2 Å². The molecule has 138 valence electrons. The van der Waals surface area contributed by atoms with Gasteiger partial charge in [-0.1, -0.05) is 12.1 Å². The van der Waals surface area contributed by atoms with Crippen molar-refractivity contribution < 1.29 is 9.15 Å². The van der Waals surface area contributed by atoms with Gasteiger partial charge >= 0.3 is 0 Å². The van der Waals surface area contributed by atoms with Gasteiger partial charge in [0.05, 0.1) is 28.8 Å². The molecular weight excluding hydrogens is 340 g/mol. The molecule has 3 aromatic rings. The zero-order chi connectivity index (χ0) is 19.0. The minimum absolute atomic E-state index is 0.160. The SMILES string of the molecule is CC1CN(c2ccc(C=C(C#N)c3nc4ccccc4n3C)o2)CC(C)O1. The zero-order valence-electron chi connectivity index (χ0n) is 15.7. The van der Waals surface area contributed by atoms with Crippen molar-refractivity contribution in [2.45, 2.75) is 26.1 Å². The summed E-state index contributed by atoms with van der Waals surface area (Å²) in [4.78, 5) is 6.78. The largest absolute Gasteiger partial charge is 0.441 e. The first-order valence-corrected chi connectivity index (χ1v) is 9.09. The van der Waals surface area contributed by atoms with Gasteiger partial charge in [-0.05, 0) is 32.0 Å². The van der Waals surface area contributed by atoms with Crippen LogP contribution in [-0.2, 0) is 11.8 Å². The molecule has 3 heterocycles. The number of anilines is 1. The molecule has 0 bridgehead atoms. The van der Waals surface area contributed by atoms with Crippen LogP contribution in [0.4, 0.5) is 5.88 Å². The Morgan fingerprint density at radius 1 is 1.19 bits per heavy atom. The van der Waals surface area contributed by atoms with Crippen LogP contribution < -0.4 is 4.90 Å². The summed E-state index contributed by atoms with van der Waals surface area (Å²) in [6.07, 6.45) is 2.07. The predicted octanol–water partition coefficient (Wildman–Crippen LogP) is 3.84. The lowest BCUT2D eigenvalue weighted by molar-refractivity contribution is -0.00641. The minimum Gasteiger partial charge on any atom is -0.441 e. The minimum atomic E-state index is 0.160. The molecule has 6 heteroatoms. The highest BCUT2D eigenvalue weighted by molar-refractivity contribution is 5.90. The van der Waals surface area contributed by atoms with Gasteiger partial charge in [-0.3, -0.25) is 0 Å². The van der Waals surface area contributed by atoms with Crippen molar-refractivity contribution in [2.75, 3.05) is 18.0 Å². The van der Waals surface area contributed by atoms with E-state index in [1.807, 2.05) is 48.0 Å². The van der Waals surface area contributed by atoms with E-state index in [9.17, 15) is 5.26 Å². The smallest absolute Gasteiger partial charge is 0.196 e. The van der Waals surface area contributed by atoms with Crippen LogP contribution in [0.5, 0.6) is 0 Å². The predicted molar refractivity (Wildman–Crippen MR) is 105 cm³/mol. The normalized spacial score (nSPS) is 20.8. The van der Waals surface area contributed by atoms with E-state index in [0.717, 1.165) is 30.0 Å². The topological polar surface area (TPSA) is 67.2 Å². The summed E-state index contributed by atoms with van der Waals surface area (Å²) >= 11 is 0. The molecule has 6 nitrogen and oxygen atoms in total. The number of hydrogen-bond donors (Lipinski definition) is 0. The molecule has 4 rings (SSSR count). The highest BCUT2D eigenvalue weighted by atomic mass is 16.5. The lowest BCUT2D eigenvalue weighted by Gasteiger charge is -2.35. The maximum Gasteiger partial charge on any atom is 0.196 e. The number of ether oxygens (including phenoxy) is 1. The Bertz CT molecular complexity index is 1030. The van der Waals surface area contributed by atoms with Gasteiger partial charge in [0.1, 0.15) is 11.8 Å². The summed E-state index contributed by atoms with van der Waals surface area (Å²) in [6.45, 7) is 5.70. The molecule has 0 saturated carbocycles. The van der Waals surface area contributed by atoms with Crippen LogP contribution >= 0.6 is 0 Å². The van der Waals surface area contributed by atoms with Gasteiger partial charge < -0.3 is 18.6 Å². The summed E-state index contributed by atoms with van der Waals surface area (Å²) < 4.78 is 13.7. The molecule has 0 amide bonds. The number of morpholine rings is 1. The number of rotatable bonds is 3. The lowest BCUT2D eigenvalue weighted by Crippen LogP contribution is -2.45. The van der Waals surface area contributed by atoms with E-state index in [4.69, 9.17) is 9.15 Å². The Kier molecular flexibility index (Phi) is 4.46. The van der Waals surface area contributed by atoms with Crippen molar-refractivity contribution in [1.82, 2.24) is 9.55 Å². The highest BCUT2D eigenvalue weighted by Gasteiger charge is 2.24. The Morgan fingerprint density at radius 2 is 1.93 bits per heavy atom. The van der Waals surface area contributed by atoms with Gasteiger partial charge in [-0.2, -0.15) is 5.26 Å². The summed E-state index contributed by atoms with van der Waals surface area (Å²) in [5.41, 5.74) is 2.33. The average molecular weight is 362 g/mol. The number of nitriles is 1. The Balaban J connectivity index is 1.65. The fourth-order valence-electron chi connectivity index (χ4n) is 3.62. The van der Waals surface area contributed by atoms with Gasteiger partial charge in [0, 0.05) is 32.3 Å². The second-order valence-corrected chi connectivity index (χ2v) is 6.99. The molecule has 0 N–H and O–H groups in total. The van der Waals surface area contributed by atoms with Crippen molar-refractivity contribution in [2.24, 2.45) is 7.05 Å². The first kappa shape index (κ1) is 17.4. The van der Waals surface area contributed by atoms with Gasteiger partial charge in [-0.25, -0.2) is 4.98 Å². The number of benzene rings is 1. The number of furan rings is 1. The quantitative estimate of drug-likeness (QED) is 0.662. The number of aromatic nitrogens is 2. The van der Waals surface area contributed by atoms with Gasteiger partial charge in [-0.15, -0.1) is 0 Å². The maximum absolute atomic E-state index is 9.68. The van der Waals surface area contributed by atoms with Crippen molar-refractivity contribution in [3.8, 4) is 6.07 Å². The fraction of sp³-hybridized carbons (Fsp3) is 0.333. The Morgan fingerprint density at radius 3 is 2.63 bits per heavy atom. The first-order valence-electron chi connectivity index (χ1n) is 9.09. The summed E-state index contributed by atoms with van der Waals surface area (Å²) in [5, 5.41) is 9.68. The molecule has 1 fully saturated rings. The van der Waals surface area contributed by atoms with Crippen LogP contribution in [-0.4, -0.2) is 34.8 Å². The van der Waals surface area contributed by atoms with Crippen molar-refractivity contribution in [1.29, 1.82) is 5.26 Å². The van der Waals surface area contributed by atoms with Crippen LogP contribution in [0.1, 0.15) is 25.4 Å². The second-order valence-electron chi connectivity index (χ2n) is 6.99. The highest BCUT2D eigenvalue weighted by Crippen LogP contribution is 2.26. The van der Waals surface area contributed by atoms with Crippen LogP contribution in [0, 0.1) is 11.3 Å². The third kappa shape index (κ3) is 3.34. The standard InChI is InChI=1S/C21H22N4O2/c1-14-12-25(13-15(2)26-14)20-9-8-17(27-20)10-16(11-22)21-23-18-6-4-5-7-19(18)24(21)3/h4-10,14-15H,12-13H2,1-3H3. The average Bonchev–Trinajstić information content (AvgIpc) is 3.24. The number of imidazole rings is 1. The molecule has 2 unspecified atom stereocenters. The van der Waals surface area contributed by atoms with Crippen molar-refractivity contribution >= 4 is 28.6 Å². The van der Waals surface area contributed by atoms with Crippen molar-refractivity contribution in [3.05, 3.63) is 48.0 Å². The monoisotopic (exact) mass is 362 g/mol. The number of hydrogen-bond acceptors (Lipinski definition) is 5. The molecule has 0 spiro atoms. The summed E-state index contributed by atoms with van der Waals surface area (Å²) in [6, 6.07) is 13.9. The molecule has 1 saturated heterocycles. The van der Waals surface area contributed by atoms with E-state index in [2.05, 4.69) is 29.8 Å². The fourth-order valence-corrected chi connectivity index (χ4v) is 3.62. The number of para-hydroxylation sites is 2. The van der Waals surface area contributed by atoms with E-state index >= 15 is 0 Å². The van der Waals surface area contributed by atoms with Gasteiger partial charge in [0.2, 0.25) is 0 Å². The van der Waals surface area contributed by atoms with Gasteiger partial charge in [0.25, 0.3) is 0 Å². The van der Waals surface area contributed by atoms with Crippen LogP contribution in [0.15, 0.2) is 40.8 Å². The number of fused-ring (bicyclic) bond motifs is 1. The first-order chi connectivity index (χ1) is 13.0.